The molecule has 3 aromatic carbocycles. The summed E-state index contributed by atoms with van der Waals surface area (Å²) in [4.78, 5) is 62.3. The molecule has 0 aliphatic carbocycles. The number of halogens is 4. The number of hydrogen-bond acceptors (Lipinski definition) is 14. The molecule has 3 rings (SSSR count). The molecule has 26 heteroatoms. The Kier molecular flexibility index (Phi) is 18.8. The van der Waals surface area contributed by atoms with Crippen LogP contribution in [0.2, 0.25) is 5.02 Å². The smallest absolute Gasteiger partial charge is 0.416 e. The number of sulfonamides is 1. The second-order valence-electron chi connectivity index (χ2n) is 12.6. The maximum absolute atomic E-state index is 12.7. The summed E-state index contributed by atoms with van der Waals surface area (Å²) in [6.07, 6.45) is -2.47. The summed E-state index contributed by atoms with van der Waals surface area (Å²) in [6.45, 7) is 8.28. The molecule has 0 heterocycles. The van der Waals surface area contributed by atoms with Gasteiger partial charge in [0.25, 0.3) is 17.3 Å². The SMILES string of the molecule is CCC(CC)Nc1c([N+](=O)[O-])cc(C)c(C)c1[N+](=O)[O-].CP(=O)(O)CCC(N)C(=O)O.CS(=O)(=O)NC(=O)c1cc(Oc2ccc(C(F)(F)F)cc2Cl)ccc1[N+](=O)[O-]. The van der Waals surface area contributed by atoms with Crippen molar-refractivity contribution in [1.29, 1.82) is 0 Å². The van der Waals surface area contributed by atoms with Gasteiger partial charge in [-0.2, -0.15) is 13.2 Å². The fourth-order valence-electron chi connectivity index (χ4n) is 4.62. The summed E-state index contributed by atoms with van der Waals surface area (Å²) >= 11 is 5.76. The molecule has 0 aliphatic rings. The minimum atomic E-state index is -4.62. The molecular formula is C33H41ClF3N6O14PS. The molecule has 2 unspecified atom stereocenters. The first-order valence-electron chi connectivity index (χ1n) is 16.8. The zero-order valence-corrected chi connectivity index (χ0v) is 34.6. The average molecular weight is 901 g/mol. The topological polar surface area (TPSA) is 315 Å². The van der Waals surface area contributed by atoms with Crippen molar-refractivity contribution in [3.8, 4) is 11.5 Å². The number of ether oxygens (including phenoxy) is 1. The van der Waals surface area contributed by atoms with Crippen LogP contribution in [-0.4, -0.2) is 76.2 Å². The van der Waals surface area contributed by atoms with Crippen LogP contribution in [0.3, 0.4) is 0 Å². The minimum Gasteiger partial charge on any atom is -0.480 e. The Bertz CT molecular complexity index is 2220. The molecule has 0 bridgehead atoms. The Morgan fingerprint density at radius 3 is 1.97 bits per heavy atom. The molecule has 326 valence electrons. The van der Waals surface area contributed by atoms with Crippen molar-refractivity contribution in [3.05, 3.63) is 100 Å². The predicted octanol–water partition coefficient (Wildman–Crippen LogP) is 7.16. The van der Waals surface area contributed by atoms with E-state index in [-0.39, 0.29) is 47.2 Å². The highest BCUT2D eigenvalue weighted by atomic mass is 35.5. The lowest BCUT2D eigenvalue weighted by Gasteiger charge is -2.17. The number of aliphatic carboxylic acids is 1. The number of carboxylic acid groups (broad SMARTS) is 1. The lowest BCUT2D eigenvalue weighted by molar-refractivity contribution is -0.392. The van der Waals surface area contributed by atoms with E-state index in [0.29, 0.717) is 29.5 Å². The fraction of sp³-hybridized carbons (Fsp3) is 0.394. The van der Waals surface area contributed by atoms with Gasteiger partial charge in [0.05, 0.1) is 31.6 Å². The van der Waals surface area contributed by atoms with Crippen molar-refractivity contribution in [3.63, 3.8) is 0 Å². The highest BCUT2D eigenvalue weighted by Crippen LogP contribution is 2.40. The number of nitrogens with one attached hydrogen (secondary N) is 2. The predicted molar refractivity (Wildman–Crippen MR) is 210 cm³/mol. The number of carboxylic acids is 1. The largest absolute Gasteiger partial charge is 0.480 e. The van der Waals surface area contributed by atoms with Gasteiger partial charge < -0.3 is 25.8 Å². The van der Waals surface area contributed by atoms with Gasteiger partial charge in [0.2, 0.25) is 10.0 Å². The Morgan fingerprint density at radius 2 is 1.54 bits per heavy atom. The van der Waals surface area contributed by atoms with E-state index >= 15 is 0 Å². The third-order valence-corrected chi connectivity index (χ3v) is 9.79. The molecule has 0 aromatic heterocycles. The lowest BCUT2D eigenvalue weighted by Crippen LogP contribution is -2.30. The zero-order chi connectivity index (χ0) is 45.8. The van der Waals surface area contributed by atoms with E-state index in [9.17, 15) is 66.1 Å². The van der Waals surface area contributed by atoms with Crippen LogP contribution < -0.4 is 20.5 Å². The van der Waals surface area contributed by atoms with Crippen molar-refractivity contribution < 1.29 is 65.2 Å². The van der Waals surface area contributed by atoms with Gasteiger partial charge in [-0.1, -0.05) is 25.4 Å². The molecule has 0 aliphatic heterocycles. The molecule has 0 spiro atoms. The second kappa shape index (κ2) is 21.5. The van der Waals surface area contributed by atoms with E-state index in [1.807, 2.05) is 13.8 Å². The third-order valence-electron chi connectivity index (χ3n) is 7.85. The molecule has 0 radical (unpaired) electrons. The zero-order valence-electron chi connectivity index (χ0n) is 32.1. The van der Waals surface area contributed by atoms with E-state index in [2.05, 4.69) is 5.32 Å². The van der Waals surface area contributed by atoms with Gasteiger partial charge in [-0.15, -0.1) is 0 Å². The van der Waals surface area contributed by atoms with Crippen LogP contribution in [0, 0.1) is 44.2 Å². The van der Waals surface area contributed by atoms with Gasteiger partial charge in [-0.3, -0.25) is 44.5 Å². The first kappa shape index (κ1) is 51.6. The molecule has 6 N–H and O–H groups in total. The van der Waals surface area contributed by atoms with Gasteiger partial charge in [0, 0.05) is 42.6 Å². The van der Waals surface area contributed by atoms with E-state index in [1.165, 1.54) is 12.7 Å². The molecule has 0 saturated heterocycles. The van der Waals surface area contributed by atoms with E-state index < -0.39 is 78.1 Å². The van der Waals surface area contributed by atoms with Crippen molar-refractivity contribution >= 4 is 63.6 Å². The van der Waals surface area contributed by atoms with Crippen molar-refractivity contribution in [1.82, 2.24) is 4.72 Å². The van der Waals surface area contributed by atoms with Crippen molar-refractivity contribution in [2.24, 2.45) is 5.73 Å². The van der Waals surface area contributed by atoms with Crippen LogP contribution >= 0.6 is 19.0 Å². The molecular weight excluding hydrogens is 860 g/mol. The highest BCUT2D eigenvalue weighted by molar-refractivity contribution is 7.89. The fourth-order valence-corrected chi connectivity index (χ4v) is 6.05. The number of amides is 1. The van der Waals surface area contributed by atoms with Gasteiger partial charge in [0.15, 0.2) is 13.1 Å². The number of carbonyl (C=O) groups is 2. The first-order valence-corrected chi connectivity index (χ1v) is 21.3. The van der Waals surface area contributed by atoms with Crippen LogP contribution in [0.4, 0.5) is 35.9 Å². The van der Waals surface area contributed by atoms with Gasteiger partial charge in [-0.05, 0) is 62.9 Å². The summed E-state index contributed by atoms with van der Waals surface area (Å²) in [5.74, 6) is -2.82. The molecule has 20 nitrogen and oxygen atoms in total. The van der Waals surface area contributed by atoms with E-state index in [4.69, 9.17) is 32.1 Å². The molecule has 1 amide bonds. The first-order chi connectivity index (χ1) is 26.9. The summed E-state index contributed by atoms with van der Waals surface area (Å²) in [5.41, 5.74) is 3.30. The van der Waals surface area contributed by atoms with Crippen LogP contribution in [0.5, 0.6) is 11.5 Å². The van der Waals surface area contributed by atoms with Gasteiger partial charge >= 0.3 is 17.8 Å². The Hall–Kier alpha value is -5.42. The highest BCUT2D eigenvalue weighted by Gasteiger charge is 2.32. The Labute approximate surface area is 339 Å². The number of nitro benzene ring substituents is 3. The maximum atomic E-state index is 12.7. The van der Waals surface area contributed by atoms with Crippen LogP contribution in [-0.2, 0) is 25.6 Å². The Balaban J connectivity index is 0.000000489. The lowest BCUT2D eigenvalue weighted by atomic mass is 10.0. The standard InChI is InChI=1S/C15H10ClF3N2O6S.C13H19N3O4.C5H12NO4P/c1-28(25,26)20-14(22)10-7-9(3-4-12(10)21(23)24)27-13-5-2-8(6-11(13)16)15(17,18)19;1-5-10(6-2)14-12-11(15(17)18)7-8(3)9(4)13(12)16(19)20;1-11(9,10)3-2-4(6)5(7)8/h2-7H,1H3,(H,20,22);7,10,14H,5-6H2,1-4H3;4H,2-3,6H2,1H3,(H,7,8)(H,9,10). The number of nitrogens with two attached hydrogens (primary N) is 1. The monoisotopic (exact) mass is 900 g/mol. The molecule has 0 saturated carbocycles. The van der Waals surface area contributed by atoms with Crippen molar-refractivity contribution in [2.45, 2.75) is 65.2 Å². The number of carbonyl (C=O) groups excluding carboxylic acids is 1. The summed E-state index contributed by atoms with van der Waals surface area (Å²) in [7, 11) is -7.10. The van der Waals surface area contributed by atoms with E-state index in [1.54, 1.807) is 18.6 Å². The minimum absolute atomic E-state index is 0.0109. The van der Waals surface area contributed by atoms with E-state index in [0.717, 1.165) is 37.1 Å². The van der Waals surface area contributed by atoms with Crippen LogP contribution in [0.1, 0.15) is 60.2 Å². The number of nitrogens with zero attached hydrogens (tertiary/aromatic N) is 3. The molecule has 0 fully saturated rings. The summed E-state index contributed by atoms with van der Waals surface area (Å²) in [5, 5.41) is 44.3. The number of aryl methyl sites for hydroxylation is 1. The quantitative estimate of drug-likeness (QED) is 0.0574. The number of anilines is 1. The average Bonchev–Trinajstić information content (AvgIpc) is 3.10. The molecule has 59 heavy (non-hydrogen) atoms. The number of rotatable bonds is 15. The summed E-state index contributed by atoms with van der Waals surface area (Å²) in [6, 6.07) is 5.41. The summed E-state index contributed by atoms with van der Waals surface area (Å²) < 4.78 is 77.9. The molecule has 3 aromatic rings. The van der Waals surface area contributed by atoms with Gasteiger partial charge in [-0.25, -0.2) is 13.1 Å². The van der Waals surface area contributed by atoms with Gasteiger partial charge in [0.1, 0.15) is 23.1 Å². The van der Waals surface area contributed by atoms with Crippen molar-refractivity contribution in [2.75, 3.05) is 24.4 Å². The normalized spacial score (nSPS) is 12.7. The third kappa shape index (κ3) is 16.8. The number of alkyl halides is 3. The number of benzene rings is 3. The second-order valence-corrected chi connectivity index (χ2v) is 17.3. The number of hydrogen-bond donors (Lipinski definition) is 5. The van der Waals surface area contributed by atoms with Crippen LogP contribution in [0.15, 0.2) is 42.5 Å². The number of nitro groups is 3. The maximum Gasteiger partial charge on any atom is 0.416 e. The van der Waals surface area contributed by atoms with Crippen LogP contribution in [0.25, 0.3) is 0 Å². The molecule has 2 atom stereocenters. The Morgan fingerprint density at radius 1 is 0.983 bits per heavy atom.